The average molecular weight is 340 g/mol. The number of carbonyl (C=O) groups is 1. The van der Waals surface area contributed by atoms with Gasteiger partial charge in [0.1, 0.15) is 6.42 Å². The Kier molecular flexibility index (Phi) is 16.7. The molecule has 26 heavy (non-hydrogen) atoms. The van der Waals surface area contributed by atoms with Gasteiger partial charge in [0, 0.05) is 6.42 Å². The van der Waals surface area contributed by atoms with Crippen molar-refractivity contribution in [2.45, 2.75) is 58.3 Å². The SMILES string of the molecule is CCC#CCC#CCC#CCC#CCC#CCC#CCC#CCC(=O)O. The largest absolute Gasteiger partial charge is 0.481 e. The van der Waals surface area contributed by atoms with Crippen LogP contribution < -0.4 is 0 Å². The number of rotatable bonds is 1. The Morgan fingerprint density at radius 3 is 1.08 bits per heavy atom. The maximum absolute atomic E-state index is 10.2. The molecule has 0 radical (unpaired) electrons. The third kappa shape index (κ3) is 20.4. The molecule has 0 saturated carbocycles. The molecule has 0 heterocycles. The lowest BCUT2D eigenvalue weighted by atomic mass is 10.3. The predicted octanol–water partition coefficient (Wildman–Crippen LogP) is 3.24. The van der Waals surface area contributed by atoms with Crippen LogP contribution in [-0.2, 0) is 4.79 Å². The molecule has 0 unspecified atom stereocenters. The number of hydrogen-bond donors (Lipinski definition) is 1. The lowest BCUT2D eigenvalue weighted by Gasteiger charge is -1.77. The smallest absolute Gasteiger partial charge is 0.315 e. The summed E-state index contributed by atoms with van der Waals surface area (Å²) in [6.07, 6.45) is 3.72. The van der Waals surface area contributed by atoms with Crippen molar-refractivity contribution >= 4 is 5.97 Å². The first kappa shape index (κ1) is 22.4. The Balaban J connectivity index is 3.79. The molecule has 2 nitrogen and oxygen atoms in total. The summed E-state index contributed by atoms with van der Waals surface area (Å²) in [5.41, 5.74) is 0. The summed E-state index contributed by atoms with van der Waals surface area (Å²) in [5, 5.41) is 8.39. The first-order chi connectivity index (χ1) is 12.8. The number of carboxylic acid groups (broad SMARTS) is 1. The minimum Gasteiger partial charge on any atom is -0.481 e. The summed E-state index contributed by atoms with van der Waals surface area (Å²) in [6.45, 7) is 2.01. The minimum absolute atomic E-state index is 0.147. The van der Waals surface area contributed by atoms with E-state index in [0.717, 1.165) is 6.42 Å². The molecule has 0 aromatic rings. The first-order valence-electron chi connectivity index (χ1n) is 8.19. The van der Waals surface area contributed by atoms with Crippen molar-refractivity contribution in [3.8, 4) is 82.9 Å². The third-order valence-electron chi connectivity index (χ3n) is 2.35. The average Bonchev–Trinajstić information content (AvgIpc) is 2.62. The van der Waals surface area contributed by atoms with E-state index in [2.05, 4.69) is 82.9 Å². The second-order valence-electron chi connectivity index (χ2n) is 4.46. The maximum Gasteiger partial charge on any atom is 0.315 e. The molecule has 0 rings (SSSR count). The van der Waals surface area contributed by atoms with Crippen LogP contribution in [0.15, 0.2) is 0 Å². The monoisotopic (exact) mass is 340 g/mol. The van der Waals surface area contributed by atoms with E-state index in [1.165, 1.54) is 0 Å². The minimum atomic E-state index is -0.926. The molecule has 0 aliphatic rings. The van der Waals surface area contributed by atoms with Gasteiger partial charge in [0.25, 0.3) is 0 Å². The highest BCUT2D eigenvalue weighted by Gasteiger charge is 1.86. The van der Waals surface area contributed by atoms with Gasteiger partial charge in [-0.25, -0.2) is 0 Å². The van der Waals surface area contributed by atoms with E-state index in [0.29, 0.717) is 38.5 Å². The molecule has 0 atom stereocenters. The van der Waals surface area contributed by atoms with Gasteiger partial charge >= 0.3 is 5.97 Å². The Labute approximate surface area is 157 Å². The molecule has 2 heteroatoms. The number of aliphatic carboxylic acids is 1. The second kappa shape index (κ2) is 19.4. The van der Waals surface area contributed by atoms with E-state index in [4.69, 9.17) is 5.11 Å². The zero-order chi connectivity index (χ0) is 19.1. The molecule has 0 aliphatic carbocycles. The van der Waals surface area contributed by atoms with Gasteiger partial charge in [-0.1, -0.05) is 83.9 Å². The summed E-state index contributed by atoms with van der Waals surface area (Å²) in [5.74, 6) is 39.3. The zero-order valence-corrected chi connectivity index (χ0v) is 15.0. The number of carboxylic acids is 1. The summed E-state index contributed by atoms with van der Waals surface area (Å²) < 4.78 is 0. The molecule has 0 fully saturated rings. The van der Waals surface area contributed by atoms with Gasteiger partial charge in [0.15, 0.2) is 0 Å². The quantitative estimate of drug-likeness (QED) is 0.744. The zero-order valence-electron chi connectivity index (χ0n) is 15.0. The molecule has 0 aromatic heterocycles. The van der Waals surface area contributed by atoms with Crippen molar-refractivity contribution in [3.63, 3.8) is 0 Å². The van der Waals surface area contributed by atoms with Gasteiger partial charge in [0.2, 0.25) is 0 Å². The summed E-state index contributed by atoms with van der Waals surface area (Å²) in [4.78, 5) is 10.2. The molecule has 0 aliphatic heterocycles. The van der Waals surface area contributed by atoms with Crippen LogP contribution in [0.4, 0.5) is 0 Å². The van der Waals surface area contributed by atoms with Crippen LogP contribution in [0.3, 0.4) is 0 Å². The van der Waals surface area contributed by atoms with Gasteiger partial charge in [0.05, 0.1) is 38.5 Å². The lowest BCUT2D eigenvalue weighted by molar-refractivity contribution is -0.135. The Morgan fingerprint density at radius 1 is 0.538 bits per heavy atom. The van der Waals surface area contributed by atoms with E-state index >= 15 is 0 Å². The van der Waals surface area contributed by atoms with Crippen molar-refractivity contribution in [2.75, 3.05) is 0 Å². The third-order valence-corrected chi connectivity index (χ3v) is 2.35. The lowest BCUT2D eigenvalue weighted by Crippen LogP contribution is -1.89. The molecular formula is C24H20O2. The Bertz CT molecular complexity index is 871. The standard InChI is InChI=1S/C24H20O2/c1-2-3-4-5-6-7-8-9-10-11-12-13-14-15-16-17-18-19-20-21-22-23-24(25)26/h2,5,8,11,14,17,20,23H2,1H3,(H,25,26). The highest BCUT2D eigenvalue weighted by molar-refractivity contribution is 5.69. The van der Waals surface area contributed by atoms with Crippen LogP contribution in [0.25, 0.3) is 0 Å². The highest BCUT2D eigenvalue weighted by Crippen LogP contribution is 1.80. The van der Waals surface area contributed by atoms with Gasteiger partial charge in [-0.15, -0.1) is 5.92 Å². The van der Waals surface area contributed by atoms with Crippen molar-refractivity contribution in [3.05, 3.63) is 0 Å². The summed E-state index contributed by atoms with van der Waals surface area (Å²) in [6, 6.07) is 0. The normalized spacial score (nSPS) is 6.81. The molecular weight excluding hydrogens is 320 g/mol. The molecule has 0 amide bonds. The van der Waals surface area contributed by atoms with Gasteiger partial charge in [-0.2, -0.15) is 0 Å². The summed E-state index contributed by atoms with van der Waals surface area (Å²) >= 11 is 0. The highest BCUT2D eigenvalue weighted by atomic mass is 16.4. The molecule has 128 valence electrons. The van der Waals surface area contributed by atoms with Gasteiger partial charge < -0.3 is 5.11 Å². The maximum atomic E-state index is 10.2. The van der Waals surface area contributed by atoms with Crippen LogP contribution in [0.1, 0.15) is 58.3 Å². The van der Waals surface area contributed by atoms with Gasteiger partial charge in [-0.3, -0.25) is 4.79 Å². The molecule has 0 saturated heterocycles. The van der Waals surface area contributed by atoms with Crippen molar-refractivity contribution in [2.24, 2.45) is 0 Å². The van der Waals surface area contributed by atoms with Crippen LogP contribution >= 0.6 is 0 Å². The molecule has 0 bridgehead atoms. The molecule has 0 spiro atoms. The van der Waals surface area contributed by atoms with E-state index in [-0.39, 0.29) is 6.42 Å². The van der Waals surface area contributed by atoms with Crippen LogP contribution in [0, 0.1) is 82.9 Å². The fourth-order valence-electron chi connectivity index (χ4n) is 1.28. The Morgan fingerprint density at radius 2 is 0.808 bits per heavy atom. The van der Waals surface area contributed by atoms with E-state index in [9.17, 15) is 4.79 Å². The van der Waals surface area contributed by atoms with E-state index in [1.807, 2.05) is 6.92 Å². The topological polar surface area (TPSA) is 37.3 Å². The fraction of sp³-hybridized carbons (Fsp3) is 0.375. The summed E-state index contributed by atoms with van der Waals surface area (Å²) in [7, 11) is 0. The predicted molar refractivity (Wildman–Crippen MR) is 105 cm³/mol. The van der Waals surface area contributed by atoms with Crippen molar-refractivity contribution < 1.29 is 9.90 Å². The number of hydrogen-bond acceptors (Lipinski definition) is 1. The first-order valence-corrected chi connectivity index (χ1v) is 8.19. The fourth-order valence-corrected chi connectivity index (χ4v) is 1.28. The second-order valence-corrected chi connectivity index (χ2v) is 4.46. The van der Waals surface area contributed by atoms with Crippen molar-refractivity contribution in [1.29, 1.82) is 0 Å². The van der Waals surface area contributed by atoms with Crippen molar-refractivity contribution in [1.82, 2.24) is 0 Å². The van der Waals surface area contributed by atoms with Crippen LogP contribution in [-0.4, -0.2) is 11.1 Å². The van der Waals surface area contributed by atoms with Crippen LogP contribution in [0.2, 0.25) is 0 Å². The Hall–Kier alpha value is -3.61. The molecule has 1 N–H and O–H groups in total. The van der Waals surface area contributed by atoms with E-state index < -0.39 is 5.97 Å². The van der Waals surface area contributed by atoms with Gasteiger partial charge in [-0.05, 0) is 0 Å². The van der Waals surface area contributed by atoms with E-state index in [1.54, 1.807) is 0 Å². The molecule has 0 aromatic carbocycles. The van der Waals surface area contributed by atoms with Crippen LogP contribution in [0.5, 0.6) is 0 Å².